The fourth-order valence-electron chi connectivity index (χ4n) is 1.83. The topological polar surface area (TPSA) is 84.6 Å². The summed E-state index contributed by atoms with van der Waals surface area (Å²) in [5, 5.41) is 22.9. The first kappa shape index (κ1) is 16.2. The number of nitrogens with one attached hydrogen (secondary N) is 1. The van der Waals surface area contributed by atoms with Gasteiger partial charge in [0, 0.05) is 30.5 Å². The molecular formula is C14H22N2O4. The van der Waals surface area contributed by atoms with Crippen LogP contribution in [0.1, 0.15) is 33.1 Å². The van der Waals surface area contributed by atoms with Crippen LogP contribution in [0.3, 0.4) is 0 Å². The predicted octanol–water partition coefficient (Wildman–Crippen LogP) is 2.96. The molecule has 6 heteroatoms. The van der Waals surface area contributed by atoms with E-state index < -0.39 is 4.92 Å². The van der Waals surface area contributed by atoms with E-state index in [-0.39, 0.29) is 18.3 Å². The molecule has 0 saturated carbocycles. The monoisotopic (exact) mass is 282 g/mol. The van der Waals surface area contributed by atoms with Gasteiger partial charge in [0.05, 0.1) is 17.6 Å². The molecule has 1 atom stereocenters. The summed E-state index contributed by atoms with van der Waals surface area (Å²) in [6.45, 7) is 4.63. The Balaban J connectivity index is 2.82. The van der Waals surface area contributed by atoms with E-state index in [2.05, 4.69) is 5.32 Å². The summed E-state index contributed by atoms with van der Waals surface area (Å²) in [5.74, 6) is 0.498. The van der Waals surface area contributed by atoms with Crippen LogP contribution in [0, 0.1) is 10.1 Å². The highest BCUT2D eigenvalue weighted by Gasteiger charge is 2.12. The summed E-state index contributed by atoms with van der Waals surface area (Å²) in [7, 11) is 0. The Bertz CT molecular complexity index is 437. The summed E-state index contributed by atoms with van der Waals surface area (Å²) >= 11 is 0. The molecule has 0 saturated heterocycles. The van der Waals surface area contributed by atoms with E-state index in [1.54, 1.807) is 6.07 Å². The molecule has 0 heterocycles. The molecule has 1 unspecified atom stereocenters. The Labute approximate surface area is 118 Å². The van der Waals surface area contributed by atoms with Gasteiger partial charge in [-0.25, -0.2) is 0 Å². The van der Waals surface area contributed by atoms with Crippen molar-refractivity contribution in [1.29, 1.82) is 0 Å². The smallest absolute Gasteiger partial charge is 0.275 e. The molecule has 112 valence electrons. The molecule has 0 aromatic heterocycles. The number of hydrogen-bond donors (Lipinski definition) is 2. The van der Waals surface area contributed by atoms with Crippen LogP contribution in [0.4, 0.5) is 11.4 Å². The Hall–Kier alpha value is -1.82. The maximum Gasteiger partial charge on any atom is 0.275 e. The van der Waals surface area contributed by atoms with Crippen molar-refractivity contribution in [2.75, 3.05) is 18.5 Å². The Morgan fingerprint density at radius 1 is 1.45 bits per heavy atom. The van der Waals surface area contributed by atoms with Crippen molar-refractivity contribution < 1.29 is 14.8 Å². The number of aliphatic hydroxyl groups is 1. The molecule has 6 nitrogen and oxygen atoms in total. The standard InChI is InChI=1S/C14H22N2O4/c1-3-7-20-14-9-12(8-13(10-14)16(18)19)15-11(2)5-4-6-17/h8-11,15,17H,3-7H2,1-2H3. The molecule has 2 N–H and O–H groups in total. The van der Waals surface area contributed by atoms with Crippen LogP contribution in [0.5, 0.6) is 5.75 Å². The van der Waals surface area contributed by atoms with Crippen LogP contribution in [0.2, 0.25) is 0 Å². The van der Waals surface area contributed by atoms with E-state index in [0.717, 1.165) is 12.8 Å². The lowest BCUT2D eigenvalue weighted by atomic mass is 10.1. The van der Waals surface area contributed by atoms with Gasteiger partial charge in [0.15, 0.2) is 0 Å². The van der Waals surface area contributed by atoms with Gasteiger partial charge < -0.3 is 15.2 Å². The van der Waals surface area contributed by atoms with E-state index >= 15 is 0 Å². The van der Waals surface area contributed by atoms with Gasteiger partial charge in [-0.3, -0.25) is 10.1 Å². The zero-order valence-electron chi connectivity index (χ0n) is 12.0. The molecule has 0 radical (unpaired) electrons. The summed E-state index contributed by atoms with van der Waals surface area (Å²) in [4.78, 5) is 10.5. The third kappa shape index (κ3) is 5.44. The number of rotatable bonds is 9. The lowest BCUT2D eigenvalue weighted by Gasteiger charge is -2.15. The maximum absolute atomic E-state index is 10.9. The molecule has 0 bridgehead atoms. The van der Waals surface area contributed by atoms with Crippen molar-refractivity contribution >= 4 is 11.4 Å². The Morgan fingerprint density at radius 2 is 2.20 bits per heavy atom. The van der Waals surface area contributed by atoms with Gasteiger partial charge in [-0.15, -0.1) is 0 Å². The summed E-state index contributed by atoms with van der Waals surface area (Å²) in [6, 6.07) is 4.81. The minimum absolute atomic E-state index is 0.00969. The van der Waals surface area contributed by atoms with Gasteiger partial charge in [0.1, 0.15) is 5.75 Å². The Morgan fingerprint density at radius 3 is 2.80 bits per heavy atom. The summed E-state index contributed by atoms with van der Waals surface area (Å²) < 4.78 is 5.46. The average molecular weight is 282 g/mol. The summed E-state index contributed by atoms with van der Waals surface area (Å²) in [6.07, 6.45) is 2.34. The predicted molar refractivity (Wildman–Crippen MR) is 78.3 cm³/mol. The van der Waals surface area contributed by atoms with Crippen LogP contribution in [0.15, 0.2) is 18.2 Å². The molecule has 1 aromatic carbocycles. The zero-order chi connectivity index (χ0) is 15.0. The van der Waals surface area contributed by atoms with Crippen LogP contribution in [-0.2, 0) is 0 Å². The molecule has 0 aliphatic heterocycles. The van der Waals surface area contributed by atoms with E-state index in [9.17, 15) is 10.1 Å². The number of aliphatic hydroxyl groups excluding tert-OH is 1. The quantitative estimate of drug-likeness (QED) is 0.537. The fourth-order valence-corrected chi connectivity index (χ4v) is 1.83. The van der Waals surface area contributed by atoms with Gasteiger partial charge in [0.2, 0.25) is 0 Å². The highest BCUT2D eigenvalue weighted by molar-refractivity contribution is 5.56. The number of anilines is 1. The van der Waals surface area contributed by atoms with Crippen LogP contribution >= 0.6 is 0 Å². The molecule has 0 aliphatic rings. The molecule has 1 aromatic rings. The SMILES string of the molecule is CCCOc1cc(NC(C)CCCO)cc([N+](=O)[O-])c1. The van der Waals surface area contributed by atoms with E-state index in [0.29, 0.717) is 24.5 Å². The van der Waals surface area contributed by atoms with Gasteiger partial charge in [0.25, 0.3) is 5.69 Å². The fraction of sp³-hybridized carbons (Fsp3) is 0.571. The van der Waals surface area contributed by atoms with Crippen molar-refractivity contribution in [3.8, 4) is 5.75 Å². The van der Waals surface area contributed by atoms with Crippen molar-refractivity contribution in [3.63, 3.8) is 0 Å². The Kier molecular flexibility index (Phi) is 6.79. The first-order chi connectivity index (χ1) is 9.56. The largest absolute Gasteiger partial charge is 0.493 e. The van der Waals surface area contributed by atoms with E-state index in [1.165, 1.54) is 12.1 Å². The van der Waals surface area contributed by atoms with Crippen molar-refractivity contribution in [1.82, 2.24) is 0 Å². The molecule has 0 amide bonds. The number of nitrogens with zero attached hydrogens (tertiary/aromatic N) is 1. The van der Waals surface area contributed by atoms with E-state index in [1.807, 2.05) is 13.8 Å². The van der Waals surface area contributed by atoms with Crippen LogP contribution < -0.4 is 10.1 Å². The second kappa shape index (κ2) is 8.37. The number of ether oxygens (including phenoxy) is 1. The van der Waals surface area contributed by atoms with Gasteiger partial charge in [-0.1, -0.05) is 6.92 Å². The van der Waals surface area contributed by atoms with Gasteiger partial charge >= 0.3 is 0 Å². The number of nitro benzene ring substituents is 1. The molecule has 1 rings (SSSR count). The van der Waals surface area contributed by atoms with Crippen molar-refractivity contribution in [2.45, 2.75) is 39.2 Å². The number of non-ortho nitro benzene ring substituents is 1. The van der Waals surface area contributed by atoms with Gasteiger partial charge in [-0.2, -0.15) is 0 Å². The highest BCUT2D eigenvalue weighted by atomic mass is 16.6. The van der Waals surface area contributed by atoms with Crippen molar-refractivity contribution in [2.24, 2.45) is 0 Å². The average Bonchev–Trinajstić information content (AvgIpc) is 2.42. The second-order valence-electron chi connectivity index (χ2n) is 4.73. The zero-order valence-corrected chi connectivity index (χ0v) is 12.0. The minimum Gasteiger partial charge on any atom is -0.493 e. The summed E-state index contributed by atoms with van der Waals surface area (Å²) in [5.41, 5.74) is 0.672. The molecule has 0 fully saturated rings. The van der Waals surface area contributed by atoms with Gasteiger partial charge in [-0.05, 0) is 26.2 Å². The first-order valence-corrected chi connectivity index (χ1v) is 6.86. The third-order valence-electron chi connectivity index (χ3n) is 2.78. The molecular weight excluding hydrogens is 260 g/mol. The van der Waals surface area contributed by atoms with Crippen molar-refractivity contribution in [3.05, 3.63) is 28.3 Å². The lowest BCUT2D eigenvalue weighted by molar-refractivity contribution is -0.384. The lowest BCUT2D eigenvalue weighted by Crippen LogP contribution is -2.15. The number of nitro groups is 1. The van der Waals surface area contributed by atoms with Crippen LogP contribution in [-0.4, -0.2) is 29.3 Å². The minimum atomic E-state index is -0.428. The molecule has 20 heavy (non-hydrogen) atoms. The van der Waals surface area contributed by atoms with E-state index in [4.69, 9.17) is 9.84 Å². The van der Waals surface area contributed by atoms with Crippen LogP contribution in [0.25, 0.3) is 0 Å². The number of benzene rings is 1. The first-order valence-electron chi connectivity index (χ1n) is 6.86. The molecule has 0 aliphatic carbocycles. The maximum atomic E-state index is 10.9. The third-order valence-corrected chi connectivity index (χ3v) is 2.78. The number of hydrogen-bond acceptors (Lipinski definition) is 5. The second-order valence-corrected chi connectivity index (χ2v) is 4.73. The normalized spacial score (nSPS) is 11.9. The highest BCUT2D eigenvalue weighted by Crippen LogP contribution is 2.27. The molecule has 0 spiro atoms.